The van der Waals surface area contributed by atoms with Crippen LogP contribution in [0.2, 0.25) is 0 Å². The Morgan fingerprint density at radius 1 is 0.368 bits per heavy atom. The molecule has 220 valence electrons. The van der Waals surface area contributed by atoms with Crippen LogP contribution in [0.1, 0.15) is 41.5 Å². The number of aliphatic hydroxyl groups is 6. The first-order chi connectivity index (χ1) is 15.9. The molecule has 0 aliphatic heterocycles. The molecule has 0 aromatic heterocycles. The summed E-state index contributed by atoms with van der Waals surface area (Å²) in [4.78, 5) is 56.0. The first-order valence-corrected chi connectivity index (χ1v) is 9.19. The van der Waals surface area contributed by atoms with Gasteiger partial charge in [0.15, 0.2) is 0 Å². The number of aliphatic hydroxyl groups excluding tert-OH is 6. The van der Waals surface area contributed by atoms with Crippen LogP contribution < -0.4 is 30.6 Å². The van der Waals surface area contributed by atoms with Crippen LogP contribution in [-0.4, -0.2) is 103 Å². The van der Waals surface area contributed by atoms with Crippen LogP contribution in [0.15, 0.2) is 0 Å². The van der Waals surface area contributed by atoms with Gasteiger partial charge in [-0.3, -0.25) is 0 Å². The quantitative estimate of drug-likeness (QED) is 0.145. The van der Waals surface area contributed by atoms with Crippen molar-refractivity contribution in [3.05, 3.63) is 0 Å². The van der Waals surface area contributed by atoms with E-state index >= 15 is 0 Å². The van der Waals surface area contributed by atoms with E-state index in [1.807, 2.05) is 0 Å². The van der Waals surface area contributed by atoms with Crippen molar-refractivity contribution < 1.29 is 172 Å². The Bertz CT molecular complexity index is 495. The number of carbonyl (C=O) groups is 6. The summed E-state index contributed by atoms with van der Waals surface area (Å²) in [6.07, 6.45) is -8.06. The van der Waals surface area contributed by atoms with Gasteiger partial charge in [-0.15, -0.1) is 0 Å². The number of carboxylic acid groups (broad SMARTS) is 6. The monoisotopic (exact) mass is 826 g/mol. The van der Waals surface area contributed by atoms with E-state index in [2.05, 4.69) is 0 Å². The van der Waals surface area contributed by atoms with Gasteiger partial charge in [0.2, 0.25) is 0 Å². The maximum absolute atomic E-state index is 9.34. The van der Waals surface area contributed by atoms with Crippen molar-refractivity contribution >= 4 is 35.8 Å². The summed E-state index contributed by atoms with van der Waals surface area (Å²) in [5.41, 5.74) is 0. The van der Waals surface area contributed by atoms with Crippen molar-refractivity contribution in [2.75, 3.05) is 0 Å². The van der Waals surface area contributed by atoms with Gasteiger partial charge < -0.3 is 90.0 Å². The average Bonchev–Trinajstić information content (AvgIpc) is 2.69. The number of hydrogen-bond acceptors (Lipinski definition) is 18. The molecule has 20 heteroatoms. The fraction of sp³-hybridized carbons (Fsp3) is 0.667. The fourth-order valence-electron chi connectivity index (χ4n) is 0. The summed E-state index contributed by atoms with van der Waals surface area (Å²) in [6, 6.07) is 0. The van der Waals surface area contributed by atoms with Crippen molar-refractivity contribution in [2.45, 2.75) is 78.2 Å². The van der Waals surface area contributed by atoms with Crippen molar-refractivity contribution in [1.82, 2.24) is 0 Å². The van der Waals surface area contributed by atoms with E-state index in [4.69, 9.17) is 30.6 Å². The Kier molecular flexibility index (Phi) is 54.7. The molecule has 0 saturated carbocycles. The molecule has 38 heavy (non-hydrogen) atoms. The zero-order valence-electron chi connectivity index (χ0n) is 21.0. The number of aliphatic carboxylic acids is 6. The summed E-state index contributed by atoms with van der Waals surface area (Å²) in [5.74, 6) is -8.61. The maximum Gasteiger partial charge on any atom is 3.00 e. The second-order valence-corrected chi connectivity index (χ2v) is 5.97. The minimum Gasteiger partial charge on any atom is -0.547 e. The third kappa shape index (κ3) is 76.5. The molecule has 6 unspecified atom stereocenters. The Morgan fingerprint density at radius 3 is 0.395 bits per heavy atom. The predicted molar refractivity (Wildman–Crippen MR) is 100 cm³/mol. The smallest absolute Gasteiger partial charge is 0.547 e. The molecule has 0 aromatic carbocycles. The van der Waals surface area contributed by atoms with E-state index in [-0.39, 0.29) is 82.1 Å². The van der Waals surface area contributed by atoms with E-state index in [1.165, 1.54) is 0 Å². The van der Waals surface area contributed by atoms with Gasteiger partial charge in [-0.25, -0.2) is 0 Å². The van der Waals surface area contributed by atoms with Gasteiger partial charge in [0.1, 0.15) is 0 Å². The van der Waals surface area contributed by atoms with E-state index in [0.29, 0.717) is 0 Å². The number of carboxylic acids is 6. The molecular weight excluding hydrogens is 795 g/mol. The van der Waals surface area contributed by atoms with Crippen molar-refractivity contribution in [2.24, 2.45) is 0 Å². The summed E-state index contributed by atoms with van der Waals surface area (Å²) in [5, 5.41) is 104. The standard InChI is InChI=1S/6C3H6O3.Ce.Sm/c6*1-2(4)3(5)6;;/h6*2,4H,1H3,(H,5,6);;/q;;;;;;2*+3/p-6. The third-order valence-electron chi connectivity index (χ3n) is 2.05. The van der Waals surface area contributed by atoms with Crippen molar-refractivity contribution in [3.63, 3.8) is 0 Å². The van der Waals surface area contributed by atoms with Crippen LogP contribution in [-0.2, 0) is 28.8 Å². The zero-order chi connectivity index (χ0) is 30.9. The Hall–Kier alpha value is -0.706. The molecule has 0 aliphatic carbocycles. The van der Waals surface area contributed by atoms with Crippen LogP contribution in [0.5, 0.6) is 0 Å². The number of hydrogen-bond donors (Lipinski definition) is 6. The number of rotatable bonds is 6. The van der Waals surface area contributed by atoms with Crippen LogP contribution in [0.25, 0.3) is 0 Å². The Labute approximate surface area is 283 Å². The molecule has 0 bridgehead atoms. The fourth-order valence-corrected chi connectivity index (χ4v) is 0. The van der Waals surface area contributed by atoms with Gasteiger partial charge in [0.25, 0.3) is 0 Å². The van der Waals surface area contributed by atoms with Gasteiger partial charge in [-0.2, -0.15) is 0 Å². The van der Waals surface area contributed by atoms with Gasteiger partial charge in [0.05, 0.1) is 72.4 Å². The minimum absolute atomic E-state index is 0. The normalized spacial score (nSPS) is 12.9. The van der Waals surface area contributed by atoms with E-state index in [1.54, 1.807) is 0 Å². The third-order valence-corrected chi connectivity index (χ3v) is 2.05. The maximum atomic E-state index is 9.34. The summed E-state index contributed by atoms with van der Waals surface area (Å²) in [7, 11) is 0. The van der Waals surface area contributed by atoms with E-state index < -0.39 is 72.4 Å². The first kappa shape index (κ1) is 57.2. The molecule has 6 atom stereocenters. The summed E-state index contributed by atoms with van der Waals surface area (Å²) < 4.78 is 0. The minimum atomic E-state index is -1.44. The molecule has 0 amide bonds. The molecule has 18 nitrogen and oxygen atoms in total. The SMILES string of the molecule is CC(O)C(=O)[O-].CC(O)C(=O)[O-].CC(O)C(=O)[O-].CC(O)C(=O)[O-].CC(O)C(=O)[O-].CC(O)C(=O)[O-].[Ce+3].[Sm+3]. The molecule has 0 spiro atoms. The molecule has 0 rings (SSSR count). The van der Waals surface area contributed by atoms with Crippen molar-refractivity contribution in [3.8, 4) is 0 Å². The predicted octanol–water partition coefficient (Wildman–Crippen LogP) is -11.3. The largest absolute Gasteiger partial charge is 3.00 e. The Balaban J connectivity index is -0.0000000469. The topological polar surface area (TPSA) is 362 Å². The molecule has 0 aliphatic rings. The van der Waals surface area contributed by atoms with Crippen molar-refractivity contribution in [1.29, 1.82) is 0 Å². The van der Waals surface area contributed by atoms with Crippen LogP contribution >= 0.6 is 0 Å². The molecule has 0 saturated heterocycles. The second kappa shape index (κ2) is 36.3. The molecular formula is C18H30CeO18Sm. The molecule has 0 heterocycles. The summed E-state index contributed by atoms with van der Waals surface area (Å²) >= 11 is 0. The first-order valence-electron chi connectivity index (χ1n) is 9.19. The van der Waals surface area contributed by atoms with Crippen LogP contribution in [0.3, 0.4) is 0 Å². The zero-order valence-corrected chi connectivity index (χ0v) is 26.7. The molecule has 0 fully saturated rings. The molecule has 2 radical (unpaired) electrons. The van der Waals surface area contributed by atoms with Gasteiger partial charge in [-0.1, -0.05) is 0 Å². The van der Waals surface area contributed by atoms with Crippen LogP contribution in [0.4, 0.5) is 0 Å². The number of carbonyl (C=O) groups excluding carboxylic acids is 6. The van der Waals surface area contributed by atoms with Crippen LogP contribution in [0, 0.1) is 82.1 Å². The van der Waals surface area contributed by atoms with Gasteiger partial charge >= 0.3 is 82.1 Å². The van der Waals surface area contributed by atoms with Gasteiger partial charge in [0, 0.05) is 0 Å². The molecule has 0 aromatic rings. The average molecular weight is 825 g/mol. The van der Waals surface area contributed by atoms with Gasteiger partial charge in [-0.05, 0) is 41.5 Å². The Morgan fingerprint density at radius 2 is 0.395 bits per heavy atom. The van der Waals surface area contributed by atoms with E-state index in [9.17, 15) is 59.4 Å². The van der Waals surface area contributed by atoms with E-state index in [0.717, 1.165) is 41.5 Å². The second-order valence-electron chi connectivity index (χ2n) is 5.97. The molecule has 6 N–H and O–H groups in total. The summed E-state index contributed by atoms with van der Waals surface area (Å²) in [6.45, 7) is 6.81.